The Morgan fingerprint density at radius 1 is 1.11 bits per heavy atom. The number of benzene rings is 2. The van der Waals surface area contributed by atoms with Crippen molar-refractivity contribution in [2.24, 2.45) is 0 Å². The maximum Gasteiger partial charge on any atom is 0.236 e. The lowest BCUT2D eigenvalue weighted by atomic mass is 10.2. The van der Waals surface area contributed by atoms with E-state index >= 15 is 0 Å². The standard InChI is InChI=1S/C21H23N3O2S/c1-15-7-9-17(10-8-15)24-19-6-4-3-5-18(19)22-21(24)27-16(2)20(25)23-11-13-26-14-12-23/h3-10,16H,11-14H2,1-2H3/t16-/m1/s1. The fraction of sp³-hybridized carbons (Fsp3) is 0.333. The average Bonchev–Trinajstić information content (AvgIpc) is 3.06. The number of morpholine rings is 1. The zero-order valence-corrected chi connectivity index (χ0v) is 16.4. The molecule has 1 aromatic heterocycles. The van der Waals surface area contributed by atoms with Gasteiger partial charge in [0, 0.05) is 18.8 Å². The van der Waals surface area contributed by atoms with E-state index in [4.69, 9.17) is 9.72 Å². The number of carbonyl (C=O) groups excluding carboxylic acids is 1. The van der Waals surface area contributed by atoms with E-state index in [0.717, 1.165) is 21.9 Å². The number of amides is 1. The number of aromatic nitrogens is 2. The number of ether oxygens (including phenoxy) is 1. The normalized spacial score (nSPS) is 15.9. The molecule has 0 bridgehead atoms. The first-order chi connectivity index (χ1) is 13.1. The molecule has 1 fully saturated rings. The van der Waals surface area contributed by atoms with Crippen LogP contribution in [0.2, 0.25) is 0 Å². The minimum atomic E-state index is -0.205. The predicted octanol–water partition coefficient (Wildman–Crippen LogP) is 3.67. The number of rotatable bonds is 4. The van der Waals surface area contributed by atoms with Crippen molar-refractivity contribution >= 4 is 28.7 Å². The quantitative estimate of drug-likeness (QED) is 0.647. The lowest BCUT2D eigenvalue weighted by Crippen LogP contribution is -2.44. The molecule has 2 heterocycles. The molecule has 0 saturated carbocycles. The van der Waals surface area contributed by atoms with Crippen LogP contribution >= 0.6 is 11.8 Å². The lowest BCUT2D eigenvalue weighted by Gasteiger charge is -2.29. The Balaban J connectivity index is 1.67. The first kappa shape index (κ1) is 18.1. The number of aryl methyl sites for hydroxylation is 1. The lowest BCUT2D eigenvalue weighted by molar-refractivity contribution is -0.134. The zero-order chi connectivity index (χ0) is 18.8. The van der Waals surface area contributed by atoms with Crippen molar-refractivity contribution in [1.82, 2.24) is 14.5 Å². The third-order valence-corrected chi connectivity index (χ3v) is 5.81. The molecule has 0 aliphatic carbocycles. The molecule has 140 valence electrons. The molecule has 1 saturated heterocycles. The van der Waals surface area contributed by atoms with Crippen LogP contribution in [-0.2, 0) is 9.53 Å². The summed E-state index contributed by atoms with van der Waals surface area (Å²) in [5.41, 5.74) is 4.26. The Kier molecular flexibility index (Phi) is 5.18. The molecule has 27 heavy (non-hydrogen) atoms. The summed E-state index contributed by atoms with van der Waals surface area (Å²) >= 11 is 1.52. The van der Waals surface area contributed by atoms with Crippen LogP contribution in [0.4, 0.5) is 0 Å². The molecule has 1 aliphatic heterocycles. The van der Waals surface area contributed by atoms with Crippen molar-refractivity contribution in [3.8, 4) is 5.69 Å². The van der Waals surface area contributed by atoms with Crippen LogP contribution in [0.25, 0.3) is 16.7 Å². The number of hydrogen-bond donors (Lipinski definition) is 0. The molecule has 5 nitrogen and oxygen atoms in total. The molecule has 0 unspecified atom stereocenters. The smallest absolute Gasteiger partial charge is 0.236 e. The number of fused-ring (bicyclic) bond motifs is 1. The van der Waals surface area contributed by atoms with Gasteiger partial charge >= 0.3 is 0 Å². The summed E-state index contributed by atoms with van der Waals surface area (Å²) in [4.78, 5) is 19.5. The van der Waals surface area contributed by atoms with Gasteiger partial charge in [-0.25, -0.2) is 4.98 Å². The highest BCUT2D eigenvalue weighted by Crippen LogP contribution is 2.31. The van der Waals surface area contributed by atoms with E-state index in [1.165, 1.54) is 17.3 Å². The van der Waals surface area contributed by atoms with Crippen molar-refractivity contribution < 1.29 is 9.53 Å². The summed E-state index contributed by atoms with van der Waals surface area (Å²) < 4.78 is 7.50. The molecular weight excluding hydrogens is 358 g/mol. The van der Waals surface area contributed by atoms with Crippen LogP contribution < -0.4 is 0 Å². The number of thioether (sulfide) groups is 1. The number of carbonyl (C=O) groups is 1. The number of para-hydroxylation sites is 2. The van der Waals surface area contributed by atoms with Gasteiger partial charge in [0.15, 0.2) is 5.16 Å². The Morgan fingerprint density at radius 3 is 2.56 bits per heavy atom. The molecule has 1 amide bonds. The van der Waals surface area contributed by atoms with Crippen LogP contribution in [0.1, 0.15) is 12.5 Å². The first-order valence-corrected chi connectivity index (χ1v) is 10.1. The topological polar surface area (TPSA) is 47.4 Å². The van der Waals surface area contributed by atoms with Gasteiger partial charge in [-0.3, -0.25) is 9.36 Å². The predicted molar refractivity (Wildman–Crippen MR) is 109 cm³/mol. The van der Waals surface area contributed by atoms with E-state index in [2.05, 4.69) is 41.8 Å². The van der Waals surface area contributed by atoms with Gasteiger partial charge < -0.3 is 9.64 Å². The van der Waals surface area contributed by atoms with E-state index in [1.54, 1.807) is 0 Å². The third kappa shape index (κ3) is 3.73. The Bertz CT molecular complexity index is 946. The van der Waals surface area contributed by atoms with E-state index in [1.807, 2.05) is 30.0 Å². The summed E-state index contributed by atoms with van der Waals surface area (Å²) in [6.07, 6.45) is 0. The molecule has 1 aliphatic rings. The second-order valence-corrected chi connectivity index (χ2v) is 8.06. The second kappa shape index (κ2) is 7.74. The van der Waals surface area contributed by atoms with Gasteiger partial charge in [0.2, 0.25) is 5.91 Å². The molecule has 1 atom stereocenters. The van der Waals surface area contributed by atoms with E-state index in [9.17, 15) is 4.79 Å². The fourth-order valence-electron chi connectivity index (χ4n) is 3.28. The maximum atomic E-state index is 12.8. The summed E-state index contributed by atoms with van der Waals surface area (Å²) in [7, 11) is 0. The maximum absolute atomic E-state index is 12.8. The van der Waals surface area contributed by atoms with Gasteiger partial charge in [0.25, 0.3) is 0 Å². The SMILES string of the molecule is Cc1ccc(-n2c(S[C@H](C)C(=O)N3CCOCC3)nc3ccccc32)cc1. The highest BCUT2D eigenvalue weighted by molar-refractivity contribution is 8.00. The van der Waals surface area contributed by atoms with E-state index in [-0.39, 0.29) is 11.2 Å². The van der Waals surface area contributed by atoms with Gasteiger partial charge in [-0.15, -0.1) is 0 Å². The van der Waals surface area contributed by atoms with Crippen LogP contribution in [0, 0.1) is 6.92 Å². The molecule has 3 aromatic rings. The van der Waals surface area contributed by atoms with Gasteiger partial charge in [-0.2, -0.15) is 0 Å². The molecular formula is C21H23N3O2S. The number of nitrogens with zero attached hydrogens (tertiary/aromatic N) is 3. The van der Waals surface area contributed by atoms with Crippen LogP contribution in [0.15, 0.2) is 53.7 Å². The monoisotopic (exact) mass is 381 g/mol. The molecule has 2 aromatic carbocycles. The average molecular weight is 382 g/mol. The molecule has 4 rings (SSSR count). The Morgan fingerprint density at radius 2 is 1.81 bits per heavy atom. The Labute approximate surface area is 163 Å². The van der Waals surface area contributed by atoms with Crippen LogP contribution in [-0.4, -0.2) is 51.9 Å². The van der Waals surface area contributed by atoms with Crippen LogP contribution in [0.3, 0.4) is 0 Å². The van der Waals surface area contributed by atoms with Gasteiger partial charge in [-0.05, 0) is 38.1 Å². The molecule has 0 radical (unpaired) electrons. The molecule has 0 N–H and O–H groups in total. The first-order valence-electron chi connectivity index (χ1n) is 9.21. The van der Waals surface area contributed by atoms with Crippen molar-refractivity contribution in [2.45, 2.75) is 24.3 Å². The molecule has 0 spiro atoms. The highest BCUT2D eigenvalue weighted by Gasteiger charge is 2.25. The van der Waals surface area contributed by atoms with Crippen molar-refractivity contribution in [2.75, 3.05) is 26.3 Å². The summed E-state index contributed by atoms with van der Waals surface area (Å²) in [6.45, 7) is 6.60. The fourth-order valence-corrected chi connectivity index (χ4v) is 4.30. The number of hydrogen-bond acceptors (Lipinski definition) is 4. The van der Waals surface area contributed by atoms with Gasteiger partial charge in [0.05, 0.1) is 29.5 Å². The summed E-state index contributed by atoms with van der Waals surface area (Å²) in [6, 6.07) is 16.5. The summed E-state index contributed by atoms with van der Waals surface area (Å²) in [5.74, 6) is 0.144. The minimum absolute atomic E-state index is 0.144. The van der Waals surface area contributed by atoms with Crippen molar-refractivity contribution in [1.29, 1.82) is 0 Å². The van der Waals surface area contributed by atoms with Crippen molar-refractivity contribution in [3.05, 3.63) is 54.1 Å². The van der Waals surface area contributed by atoms with Crippen molar-refractivity contribution in [3.63, 3.8) is 0 Å². The largest absolute Gasteiger partial charge is 0.378 e. The van der Waals surface area contributed by atoms with Gasteiger partial charge in [0.1, 0.15) is 0 Å². The van der Waals surface area contributed by atoms with E-state index < -0.39 is 0 Å². The molecule has 6 heteroatoms. The Hall–Kier alpha value is -2.31. The minimum Gasteiger partial charge on any atom is -0.378 e. The van der Waals surface area contributed by atoms with E-state index in [0.29, 0.717) is 26.3 Å². The highest BCUT2D eigenvalue weighted by atomic mass is 32.2. The number of imidazole rings is 1. The van der Waals surface area contributed by atoms with Crippen LogP contribution in [0.5, 0.6) is 0 Å². The third-order valence-electron chi connectivity index (χ3n) is 4.77. The van der Waals surface area contributed by atoms with Gasteiger partial charge in [-0.1, -0.05) is 41.6 Å². The summed E-state index contributed by atoms with van der Waals surface area (Å²) in [5, 5.41) is 0.637. The second-order valence-electron chi connectivity index (χ2n) is 6.75. The zero-order valence-electron chi connectivity index (χ0n) is 15.6.